The lowest BCUT2D eigenvalue weighted by Crippen LogP contribution is -2.50. The first-order valence-electron chi connectivity index (χ1n) is 7.69. The Bertz CT molecular complexity index is 243. The fraction of sp³-hybridized carbons (Fsp3) is 1.00. The van der Waals surface area contributed by atoms with Crippen molar-refractivity contribution in [3.63, 3.8) is 0 Å². The summed E-state index contributed by atoms with van der Waals surface area (Å²) >= 11 is 0. The molecule has 0 amide bonds. The van der Waals surface area contributed by atoms with Gasteiger partial charge in [0.05, 0.1) is 12.2 Å². The van der Waals surface area contributed by atoms with E-state index in [2.05, 4.69) is 15.5 Å². The molecular weight excluding hydrogens is 226 g/mol. The minimum absolute atomic E-state index is 0.527. The summed E-state index contributed by atoms with van der Waals surface area (Å²) in [5.74, 6) is 0.909. The third-order valence-corrected chi connectivity index (χ3v) is 4.59. The summed E-state index contributed by atoms with van der Waals surface area (Å²) in [5.41, 5.74) is 0. The molecule has 0 spiro atoms. The largest absolute Gasteiger partial charge is 0.375 e. The van der Waals surface area contributed by atoms with Crippen LogP contribution in [0.1, 0.15) is 25.7 Å². The first-order chi connectivity index (χ1) is 8.90. The molecule has 0 radical (unpaired) electrons. The number of likely N-dealkylation sites (tertiary alicyclic amines) is 1. The Morgan fingerprint density at radius 3 is 2.17 bits per heavy atom. The van der Waals surface area contributed by atoms with Crippen LogP contribution in [0.15, 0.2) is 0 Å². The van der Waals surface area contributed by atoms with Crippen LogP contribution in [0.2, 0.25) is 0 Å². The fourth-order valence-electron chi connectivity index (χ4n) is 3.27. The van der Waals surface area contributed by atoms with E-state index < -0.39 is 0 Å². The molecule has 0 aromatic rings. The lowest BCUT2D eigenvalue weighted by Gasteiger charge is -2.38. The molecule has 0 saturated carbocycles. The second kappa shape index (κ2) is 6.33. The van der Waals surface area contributed by atoms with Gasteiger partial charge in [0.25, 0.3) is 0 Å². The van der Waals surface area contributed by atoms with Crippen molar-refractivity contribution < 1.29 is 4.74 Å². The number of hydrogen-bond donors (Lipinski definition) is 2. The number of hydrogen-bond acceptors (Lipinski definition) is 4. The number of piperidine rings is 2. The molecule has 3 aliphatic rings. The van der Waals surface area contributed by atoms with Crippen molar-refractivity contribution in [3.05, 3.63) is 0 Å². The van der Waals surface area contributed by atoms with Crippen LogP contribution in [0.25, 0.3) is 0 Å². The number of nitrogens with one attached hydrogen (secondary N) is 2. The summed E-state index contributed by atoms with van der Waals surface area (Å²) in [6.45, 7) is 8.51. The van der Waals surface area contributed by atoms with Crippen molar-refractivity contribution in [2.24, 2.45) is 5.92 Å². The van der Waals surface area contributed by atoms with Gasteiger partial charge in [0, 0.05) is 32.7 Å². The normalized spacial score (nSPS) is 29.3. The smallest absolute Gasteiger partial charge is 0.0603 e. The molecule has 0 unspecified atom stereocenters. The average molecular weight is 253 g/mol. The molecular formula is C14H27N3O. The van der Waals surface area contributed by atoms with E-state index in [1.807, 2.05) is 0 Å². The molecule has 2 N–H and O–H groups in total. The summed E-state index contributed by atoms with van der Waals surface area (Å²) < 4.78 is 6.25. The van der Waals surface area contributed by atoms with Gasteiger partial charge in [-0.2, -0.15) is 0 Å². The minimum atomic E-state index is 0.527. The maximum atomic E-state index is 6.25. The average Bonchev–Trinajstić information content (AvgIpc) is 2.37. The van der Waals surface area contributed by atoms with Gasteiger partial charge in [-0.3, -0.25) is 0 Å². The van der Waals surface area contributed by atoms with E-state index in [1.165, 1.54) is 58.4 Å². The predicted octanol–water partition coefficient (Wildman–Crippen LogP) is 0.439. The van der Waals surface area contributed by atoms with Crippen LogP contribution >= 0.6 is 0 Å². The molecule has 3 rings (SSSR count). The highest BCUT2D eigenvalue weighted by Crippen LogP contribution is 2.20. The number of rotatable bonds is 4. The SMILES string of the molecule is C1CC(OC2CCN(CC3CNC3)CC2)CCN1. The van der Waals surface area contributed by atoms with Crippen LogP contribution in [0.3, 0.4) is 0 Å². The molecule has 3 aliphatic heterocycles. The lowest BCUT2D eigenvalue weighted by molar-refractivity contribution is -0.0549. The fourth-order valence-corrected chi connectivity index (χ4v) is 3.27. The third kappa shape index (κ3) is 3.44. The number of nitrogens with zero attached hydrogens (tertiary/aromatic N) is 1. The zero-order valence-electron chi connectivity index (χ0n) is 11.4. The Morgan fingerprint density at radius 1 is 0.889 bits per heavy atom. The maximum Gasteiger partial charge on any atom is 0.0603 e. The topological polar surface area (TPSA) is 36.5 Å². The van der Waals surface area contributed by atoms with Crippen molar-refractivity contribution in [1.82, 2.24) is 15.5 Å². The van der Waals surface area contributed by atoms with Gasteiger partial charge in [-0.05, 0) is 44.7 Å². The molecule has 104 valence electrons. The maximum absolute atomic E-state index is 6.25. The van der Waals surface area contributed by atoms with Gasteiger partial charge in [0.2, 0.25) is 0 Å². The Hall–Kier alpha value is -0.160. The molecule has 4 nitrogen and oxygen atoms in total. The van der Waals surface area contributed by atoms with Gasteiger partial charge in [0.15, 0.2) is 0 Å². The molecule has 0 atom stereocenters. The molecule has 3 heterocycles. The van der Waals surface area contributed by atoms with Crippen molar-refractivity contribution in [2.45, 2.75) is 37.9 Å². The van der Waals surface area contributed by atoms with E-state index in [-0.39, 0.29) is 0 Å². The molecule has 4 heteroatoms. The Kier molecular flexibility index (Phi) is 4.52. The third-order valence-electron chi connectivity index (χ3n) is 4.59. The van der Waals surface area contributed by atoms with Crippen LogP contribution in [0, 0.1) is 5.92 Å². The Balaban J connectivity index is 1.34. The Morgan fingerprint density at radius 2 is 1.56 bits per heavy atom. The summed E-state index contributed by atoms with van der Waals surface area (Å²) in [6, 6.07) is 0. The molecule has 0 aliphatic carbocycles. The monoisotopic (exact) mass is 253 g/mol. The van der Waals surface area contributed by atoms with Crippen molar-refractivity contribution in [3.8, 4) is 0 Å². The quantitative estimate of drug-likeness (QED) is 0.762. The van der Waals surface area contributed by atoms with Gasteiger partial charge in [-0.15, -0.1) is 0 Å². The van der Waals surface area contributed by atoms with Crippen LogP contribution in [-0.2, 0) is 4.74 Å². The highest BCUT2D eigenvalue weighted by atomic mass is 16.5. The summed E-state index contributed by atoms with van der Waals surface area (Å²) in [5, 5.41) is 6.76. The molecule has 3 fully saturated rings. The van der Waals surface area contributed by atoms with Crippen molar-refractivity contribution in [2.75, 3.05) is 45.8 Å². The molecule has 0 aromatic heterocycles. The van der Waals surface area contributed by atoms with Gasteiger partial charge >= 0.3 is 0 Å². The summed E-state index contributed by atoms with van der Waals surface area (Å²) in [7, 11) is 0. The highest BCUT2D eigenvalue weighted by Gasteiger charge is 2.26. The van der Waals surface area contributed by atoms with Crippen LogP contribution in [0.5, 0.6) is 0 Å². The summed E-state index contributed by atoms with van der Waals surface area (Å²) in [6.07, 6.45) is 5.94. The summed E-state index contributed by atoms with van der Waals surface area (Å²) in [4.78, 5) is 2.63. The van der Waals surface area contributed by atoms with E-state index in [0.717, 1.165) is 19.0 Å². The number of ether oxygens (including phenoxy) is 1. The predicted molar refractivity (Wildman–Crippen MR) is 72.8 cm³/mol. The van der Waals surface area contributed by atoms with E-state index in [4.69, 9.17) is 4.74 Å². The van der Waals surface area contributed by atoms with E-state index in [0.29, 0.717) is 12.2 Å². The van der Waals surface area contributed by atoms with Gasteiger partial charge in [-0.25, -0.2) is 0 Å². The minimum Gasteiger partial charge on any atom is -0.375 e. The lowest BCUT2D eigenvalue weighted by atomic mass is 10.00. The van der Waals surface area contributed by atoms with E-state index in [9.17, 15) is 0 Å². The highest BCUT2D eigenvalue weighted by molar-refractivity contribution is 4.81. The second-order valence-electron chi connectivity index (χ2n) is 6.11. The van der Waals surface area contributed by atoms with Crippen LogP contribution < -0.4 is 10.6 Å². The molecule has 0 aromatic carbocycles. The second-order valence-corrected chi connectivity index (χ2v) is 6.11. The van der Waals surface area contributed by atoms with Gasteiger partial charge in [0.1, 0.15) is 0 Å². The van der Waals surface area contributed by atoms with Gasteiger partial charge in [-0.1, -0.05) is 0 Å². The first kappa shape index (κ1) is 12.9. The molecule has 0 bridgehead atoms. The van der Waals surface area contributed by atoms with E-state index >= 15 is 0 Å². The zero-order chi connectivity index (χ0) is 12.2. The van der Waals surface area contributed by atoms with Gasteiger partial charge < -0.3 is 20.3 Å². The van der Waals surface area contributed by atoms with E-state index in [1.54, 1.807) is 0 Å². The zero-order valence-corrected chi connectivity index (χ0v) is 11.4. The molecule has 18 heavy (non-hydrogen) atoms. The standard InChI is InChI=1S/C14H27N3O/c1-5-15-6-2-13(1)18-14-3-7-17(8-4-14)11-12-9-16-10-12/h12-16H,1-11H2. The van der Waals surface area contributed by atoms with Crippen molar-refractivity contribution in [1.29, 1.82) is 0 Å². The Labute approximate surface area is 110 Å². The van der Waals surface area contributed by atoms with Crippen LogP contribution in [0.4, 0.5) is 0 Å². The molecule has 3 saturated heterocycles. The van der Waals surface area contributed by atoms with Crippen LogP contribution in [-0.4, -0.2) is 62.9 Å². The first-order valence-corrected chi connectivity index (χ1v) is 7.69. The van der Waals surface area contributed by atoms with Crippen molar-refractivity contribution >= 4 is 0 Å².